The molecule has 7 nitrogen and oxygen atoms in total. The number of allylic oxidation sites excluding steroid dienone is 1. The predicted octanol–water partition coefficient (Wildman–Crippen LogP) is 4.17. The van der Waals surface area contributed by atoms with Gasteiger partial charge in [0.15, 0.2) is 0 Å². The molecule has 0 saturated heterocycles. The fraction of sp³-hybridized carbons (Fsp3) is 0.609. The second-order valence-electron chi connectivity index (χ2n) is 9.48. The van der Waals surface area contributed by atoms with Crippen molar-refractivity contribution in [3.63, 3.8) is 0 Å². The Morgan fingerprint density at radius 1 is 1.23 bits per heavy atom. The van der Waals surface area contributed by atoms with E-state index < -0.39 is 11.0 Å². The molecule has 0 bridgehead atoms. The number of methoxy groups -OCH3 is 1. The molecule has 30 heavy (non-hydrogen) atoms. The summed E-state index contributed by atoms with van der Waals surface area (Å²) in [6.07, 6.45) is 3.75. The minimum absolute atomic E-state index is 0.0370. The maximum absolute atomic E-state index is 12.4. The SMILES string of the molecule is COc1ccc(COCC2=C[C@H]3[C@@H](C2)C[C@]3(CC(=O)OC(C)(C)C)C[N+](=O)[O-])cc1. The van der Waals surface area contributed by atoms with Crippen LogP contribution >= 0.6 is 0 Å². The van der Waals surface area contributed by atoms with E-state index in [0.29, 0.717) is 25.6 Å². The van der Waals surface area contributed by atoms with Crippen LogP contribution < -0.4 is 4.74 Å². The Kier molecular flexibility index (Phi) is 6.50. The largest absolute Gasteiger partial charge is 0.497 e. The zero-order chi connectivity index (χ0) is 21.9. The Hall–Kier alpha value is -2.41. The van der Waals surface area contributed by atoms with Crippen molar-refractivity contribution >= 4 is 5.97 Å². The molecule has 3 atom stereocenters. The number of nitro groups is 1. The van der Waals surface area contributed by atoms with Crippen LogP contribution in [0.15, 0.2) is 35.9 Å². The van der Waals surface area contributed by atoms with E-state index in [9.17, 15) is 14.9 Å². The lowest BCUT2D eigenvalue weighted by molar-refractivity contribution is -0.506. The summed E-state index contributed by atoms with van der Waals surface area (Å²) >= 11 is 0. The molecule has 7 heteroatoms. The average molecular weight is 418 g/mol. The first kappa shape index (κ1) is 22.3. The van der Waals surface area contributed by atoms with Gasteiger partial charge in [0.05, 0.1) is 32.2 Å². The van der Waals surface area contributed by atoms with Crippen LogP contribution in [0, 0.1) is 27.4 Å². The molecule has 2 aliphatic carbocycles. The number of hydrogen-bond donors (Lipinski definition) is 0. The Bertz CT molecular complexity index is 810. The second kappa shape index (κ2) is 8.76. The van der Waals surface area contributed by atoms with Crippen LogP contribution in [0.2, 0.25) is 0 Å². The Morgan fingerprint density at radius 3 is 2.53 bits per heavy atom. The highest BCUT2D eigenvalue weighted by molar-refractivity contribution is 5.71. The van der Waals surface area contributed by atoms with E-state index in [4.69, 9.17) is 14.2 Å². The summed E-state index contributed by atoms with van der Waals surface area (Å²) in [4.78, 5) is 23.4. The summed E-state index contributed by atoms with van der Waals surface area (Å²) in [6, 6.07) is 7.73. The highest BCUT2D eigenvalue weighted by Crippen LogP contribution is 2.60. The van der Waals surface area contributed by atoms with E-state index in [0.717, 1.165) is 23.3 Å². The first-order valence-electron chi connectivity index (χ1n) is 10.3. The molecule has 3 rings (SSSR count). The monoisotopic (exact) mass is 417 g/mol. The summed E-state index contributed by atoms with van der Waals surface area (Å²) in [7, 11) is 1.63. The average Bonchev–Trinajstić information content (AvgIpc) is 2.97. The van der Waals surface area contributed by atoms with Gasteiger partial charge in [0, 0.05) is 4.92 Å². The third kappa shape index (κ3) is 5.39. The number of rotatable bonds is 9. The lowest BCUT2D eigenvalue weighted by atomic mass is 9.53. The van der Waals surface area contributed by atoms with Crippen molar-refractivity contribution in [2.75, 3.05) is 20.3 Å². The first-order chi connectivity index (χ1) is 14.1. The van der Waals surface area contributed by atoms with Gasteiger partial charge in [-0.05, 0) is 68.7 Å². The molecule has 1 aromatic rings. The number of esters is 1. The maximum Gasteiger partial charge on any atom is 0.307 e. The van der Waals surface area contributed by atoms with Gasteiger partial charge in [-0.25, -0.2) is 0 Å². The molecular formula is C23H31NO6. The number of fused-ring (bicyclic) bond motifs is 1. The van der Waals surface area contributed by atoms with Gasteiger partial charge in [-0.2, -0.15) is 0 Å². The van der Waals surface area contributed by atoms with Gasteiger partial charge in [0.25, 0.3) is 0 Å². The van der Waals surface area contributed by atoms with E-state index in [1.807, 2.05) is 45.0 Å². The van der Waals surface area contributed by atoms with E-state index in [1.165, 1.54) is 0 Å². The van der Waals surface area contributed by atoms with Crippen LogP contribution in [0.25, 0.3) is 0 Å². The van der Waals surface area contributed by atoms with Crippen LogP contribution in [-0.2, 0) is 20.9 Å². The molecule has 0 aromatic heterocycles. The highest BCUT2D eigenvalue weighted by Gasteiger charge is 2.59. The molecule has 0 heterocycles. The van der Waals surface area contributed by atoms with Gasteiger partial charge in [-0.1, -0.05) is 18.2 Å². The van der Waals surface area contributed by atoms with Crippen molar-refractivity contribution in [3.05, 3.63) is 51.6 Å². The molecule has 0 aliphatic heterocycles. The Balaban J connectivity index is 1.58. The van der Waals surface area contributed by atoms with Crippen molar-refractivity contribution in [3.8, 4) is 5.75 Å². The third-order valence-electron chi connectivity index (χ3n) is 5.90. The van der Waals surface area contributed by atoms with Crippen molar-refractivity contribution in [2.45, 2.75) is 52.2 Å². The second-order valence-corrected chi connectivity index (χ2v) is 9.48. The lowest BCUT2D eigenvalue weighted by Crippen LogP contribution is -2.51. The van der Waals surface area contributed by atoms with Crippen LogP contribution in [0.5, 0.6) is 5.75 Å². The number of nitrogens with zero attached hydrogens (tertiary/aromatic N) is 1. The van der Waals surface area contributed by atoms with Gasteiger partial charge in [0.2, 0.25) is 6.54 Å². The first-order valence-corrected chi connectivity index (χ1v) is 10.3. The predicted molar refractivity (Wildman–Crippen MR) is 112 cm³/mol. The van der Waals surface area contributed by atoms with E-state index in [-0.39, 0.29) is 29.8 Å². The summed E-state index contributed by atoms with van der Waals surface area (Å²) in [5, 5.41) is 11.3. The normalized spacial score (nSPS) is 25.1. The molecule has 0 unspecified atom stereocenters. The molecule has 1 aromatic carbocycles. The fourth-order valence-electron chi connectivity index (χ4n) is 4.76. The standard InChI is InChI=1S/C23H31NO6/c1-22(2,3)30-21(25)12-23(15-24(26)27)11-18-9-17(10-20(18)23)14-29-13-16-5-7-19(28-4)8-6-16/h5-8,10,18,20H,9,11-15H2,1-4H3/t18-,20-,23-/m0/s1. The van der Waals surface area contributed by atoms with E-state index >= 15 is 0 Å². The number of ether oxygens (including phenoxy) is 3. The topological polar surface area (TPSA) is 87.9 Å². The minimum Gasteiger partial charge on any atom is -0.497 e. The molecule has 0 spiro atoms. The highest BCUT2D eigenvalue weighted by atomic mass is 16.6. The minimum atomic E-state index is -0.645. The summed E-state index contributed by atoms with van der Waals surface area (Å²) < 4.78 is 16.5. The number of carbonyl (C=O) groups is 1. The van der Waals surface area contributed by atoms with Crippen LogP contribution in [-0.4, -0.2) is 36.8 Å². The van der Waals surface area contributed by atoms with Gasteiger partial charge >= 0.3 is 5.97 Å². The summed E-state index contributed by atoms with van der Waals surface area (Å²) in [5.41, 5.74) is 0.980. The molecule has 164 valence electrons. The zero-order valence-electron chi connectivity index (χ0n) is 18.2. The van der Waals surface area contributed by atoms with E-state index in [1.54, 1.807) is 7.11 Å². The van der Waals surface area contributed by atoms with Crippen LogP contribution in [0.4, 0.5) is 0 Å². The fourth-order valence-corrected chi connectivity index (χ4v) is 4.76. The molecule has 1 fully saturated rings. The zero-order valence-corrected chi connectivity index (χ0v) is 18.2. The Morgan fingerprint density at radius 2 is 1.93 bits per heavy atom. The smallest absolute Gasteiger partial charge is 0.307 e. The van der Waals surface area contributed by atoms with Crippen LogP contribution in [0.3, 0.4) is 0 Å². The molecular weight excluding hydrogens is 386 g/mol. The van der Waals surface area contributed by atoms with Crippen molar-refractivity contribution < 1.29 is 23.9 Å². The summed E-state index contributed by atoms with van der Waals surface area (Å²) in [5.74, 6) is 0.836. The van der Waals surface area contributed by atoms with Crippen molar-refractivity contribution in [1.82, 2.24) is 0 Å². The molecule has 0 N–H and O–H groups in total. The van der Waals surface area contributed by atoms with Crippen molar-refractivity contribution in [1.29, 1.82) is 0 Å². The van der Waals surface area contributed by atoms with Gasteiger partial charge < -0.3 is 14.2 Å². The van der Waals surface area contributed by atoms with Gasteiger partial charge in [-0.15, -0.1) is 0 Å². The number of hydrogen-bond acceptors (Lipinski definition) is 6. The van der Waals surface area contributed by atoms with E-state index in [2.05, 4.69) is 6.08 Å². The number of benzene rings is 1. The molecule has 2 aliphatic rings. The number of carbonyl (C=O) groups excluding carboxylic acids is 1. The summed E-state index contributed by atoms with van der Waals surface area (Å²) in [6.45, 7) is 6.21. The maximum atomic E-state index is 12.4. The third-order valence-corrected chi connectivity index (χ3v) is 5.90. The quantitative estimate of drug-likeness (QED) is 0.259. The van der Waals surface area contributed by atoms with Crippen molar-refractivity contribution in [2.24, 2.45) is 17.3 Å². The lowest BCUT2D eigenvalue weighted by Gasteiger charge is -2.49. The molecule has 1 saturated carbocycles. The molecule has 0 radical (unpaired) electrons. The van der Waals surface area contributed by atoms with Gasteiger partial charge in [-0.3, -0.25) is 14.9 Å². The Labute approximate surface area is 177 Å². The molecule has 0 amide bonds. The van der Waals surface area contributed by atoms with Crippen LogP contribution in [0.1, 0.15) is 45.6 Å². The van der Waals surface area contributed by atoms with Gasteiger partial charge in [0.1, 0.15) is 11.4 Å².